The average Bonchev–Trinajstić information content (AvgIpc) is 2.78. The molecule has 0 unspecified atom stereocenters. The van der Waals surface area contributed by atoms with Crippen LogP contribution in [0.1, 0.15) is 55.3 Å². The molecule has 2 aromatic rings. The van der Waals surface area contributed by atoms with Crippen molar-refractivity contribution in [2.75, 3.05) is 13.2 Å². The summed E-state index contributed by atoms with van der Waals surface area (Å²) in [6.45, 7) is 4.50. The van der Waals surface area contributed by atoms with Crippen molar-refractivity contribution in [3.05, 3.63) is 72.8 Å². The molecule has 0 bridgehead atoms. The Morgan fingerprint density at radius 3 is 1.97 bits per heavy atom. The summed E-state index contributed by atoms with van der Waals surface area (Å²) in [5.74, 6) is 0.544. The maximum Gasteiger partial charge on any atom is 0.343 e. The Bertz CT molecular complexity index is 768. The Morgan fingerprint density at radius 1 is 0.733 bits per heavy atom. The molecule has 0 aromatic heterocycles. The quantitative estimate of drug-likeness (QED) is 0.172. The Kier molecular flexibility index (Phi) is 10.8. The number of carbonyl (C=O) groups is 2. The van der Waals surface area contributed by atoms with Gasteiger partial charge in [0.05, 0.1) is 18.8 Å². The van der Waals surface area contributed by atoms with E-state index in [1.54, 1.807) is 36.4 Å². The predicted octanol–water partition coefficient (Wildman–Crippen LogP) is 5.74. The van der Waals surface area contributed by atoms with Crippen LogP contribution in [-0.2, 0) is 9.53 Å². The molecule has 0 heterocycles. The summed E-state index contributed by atoms with van der Waals surface area (Å²) >= 11 is 0. The van der Waals surface area contributed by atoms with Crippen molar-refractivity contribution in [3.63, 3.8) is 0 Å². The maximum absolute atomic E-state index is 12.1. The minimum Gasteiger partial charge on any atom is -0.494 e. The number of benzene rings is 2. The number of rotatable bonds is 14. The van der Waals surface area contributed by atoms with Crippen LogP contribution in [0.3, 0.4) is 0 Å². The van der Waals surface area contributed by atoms with Crippen LogP contribution in [0.25, 0.3) is 0 Å². The van der Waals surface area contributed by atoms with Gasteiger partial charge in [-0.25, -0.2) is 9.59 Å². The van der Waals surface area contributed by atoms with Crippen molar-refractivity contribution >= 4 is 11.9 Å². The highest BCUT2D eigenvalue weighted by atomic mass is 16.5. The number of carbonyl (C=O) groups excluding carboxylic acids is 2. The first-order valence-electron chi connectivity index (χ1n) is 10.5. The van der Waals surface area contributed by atoms with Crippen molar-refractivity contribution in [3.8, 4) is 11.5 Å². The summed E-state index contributed by atoms with van der Waals surface area (Å²) in [4.78, 5) is 23.0. The number of ether oxygens (including phenoxy) is 3. The molecule has 2 aromatic carbocycles. The van der Waals surface area contributed by atoms with Gasteiger partial charge in [0.15, 0.2) is 0 Å². The highest BCUT2D eigenvalue weighted by Gasteiger charge is 2.08. The SMILES string of the molecule is C=CC(=O)OCCCCCCCCCOc1ccc(C(=O)Oc2ccccc2)cc1. The van der Waals surface area contributed by atoms with Crippen molar-refractivity contribution < 1.29 is 23.8 Å². The lowest BCUT2D eigenvalue weighted by Crippen LogP contribution is -2.08. The Hall–Kier alpha value is -3.08. The second-order valence-electron chi connectivity index (χ2n) is 6.92. The second-order valence-corrected chi connectivity index (χ2v) is 6.92. The van der Waals surface area contributed by atoms with Crippen LogP contribution in [-0.4, -0.2) is 25.2 Å². The molecule has 30 heavy (non-hydrogen) atoms. The molecule has 2 rings (SSSR count). The zero-order chi connectivity index (χ0) is 21.4. The predicted molar refractivity (Wildman–Crippen MR) is 117 cm³/mol. The molecule has 0 aliphatic heterocycles. The van der Waals surface area contributed by atoms with Crippen LogP contribution >= 0.6 is 0 Å². The van der Waals surface area contributed by atoms with E-state index in [0.29, 0.717) is 24.5 Å². The van der Waals surface area contributed by atoms with E-state index in [4.69, 9.17) is 14.2 Å². The first kappa shape index (κ1) is 23.2. The van der Waals surface area contributed by atoms with Crippen molar-refractivity contribution in [1.29, 1.82) is 0 Å². The lowest BCUT2D eigenvalue weighted by molar-refractivity contribution is -0.137. The summed E-state index contributed by atoms with van der Waals surface area (Å²) in [6, 6.07) is 16.0. The summed E-state index contributed by atoms with van der Waals surface area (Å²) in [6.07, 6.45) is 8.76. The summed E-state index contributed by atoms with van der Waals surface area (Å²) in [7, 11) is 0. The largest absolute Gasteiger partial charge is 0.494 e. The van der Waals surface area contributed by atoms with Crippen molar-refractivity contribution in [2.45, 2.75) is 44.9 Å². The molecule has 0 N–H and O–H groups in total. The third-order valence-electron chi connectivity index (χ3n) is 4.51. The molecule has 0 spiro atoms. The van der Waals surface area contributed by atoms with Gasteiger partial charge in [-0.2, -0.15) is 0 Å². The second kappa shape index (κ2) is 14.0. The van der Waals surface area contributed by atoms with Gasteiger partial charge in [0.25, 0.3) is 0 Å². The maximum atomic E-state index is 12.1. The number of esters is 2. The highest BCUT2D eigenvalue weighted by Crippen LogP contribution is 2.16. The molecule has 0 saturated heterocycles. The number of hydrogen-bond donors (Lipinski definition) is 0. The van der Waals surface area contributed by atoms with Crippen LogP contribution in [0.5, 0.6) is 11.5 Å². The van der Waals surface area contributed by atoms with Gasteiger partial charge in [-0.3, -0.25) is 0 Å². The van der Waals surface area contributed by atoms with Crippen molar-refractivity contribution in [1.82, 2.24) is 0 Å². The summed E-state index contributed by atoms with van der Waals surface area (Å²) in [5, 5.41) is 0. The standard InChI is InChI=1S/C25H30O5/c1-2-24(26)29-20-12-7-5-3-4-6-11-19-28-22-17-15-21(16-18-22)25(27)30-23-13-9-8-10-14-23/h2,8-10,13-18H,1,3-7,11-12,19-20H2. The summed E-state index contributed by atoms with van der Waals surface area (Å²) in [5.41, 5.74) is 0.491. The molecule has 0 amide bonds. The zero-order valence-electron chi connectivity index (χ0n) is 17.4. The van der Waals surface area contributed by atoms with Crippen LogP contribution in [0.15, 0.2) is 67.3 Å². The van der Waals surface area contributed by atoms with Gasteiger partial charge in [0, 0.05) is 6.08 Å². The van der Waals surface area contributed by atoms with E-state index in [2.05, 4.69) is 6.58 Å². The van der Waals surface area contributed by atoms with E-state index >= 15 is 0 Å². The van der Waals surface area contributed by atoms with Gasteiger partial charge < -0.3 is 14.2 Å². The third-order valence-corrected chi connectivity index (χ3v) is 4.51. The van der Waals surface area contributed by atoms with E-state index in [1.807, 2.05) is 18.2 Å². The van der Waals surface area contributed by atoms with Gasteiger partial charge in [-0.05, 0) is 49.2 Å². The van der Waals surface area contributed by atoms with Gasteiger partial charge in [0.1, 0.15) is 11.5 Å². The molecule has 5 heteroatoms. The van der Waals surface area contributed by atoms with Gasteiger partial charge >= 0.3 is 11.9 Å². The fourth-order valence-corrected chi connectivity index (χ4v) is 2.85. The van der Waals surface area contributed by atoms with Gasteiger partial charge in [-0.15, -0.1) is 0 Å². The highest BCUT2D eigenvalue weighted by molar-refractivity contribution is 5.91. The Labute approximate surface area is 178 Å². The third kappa shape index (κ3) is 9.41. The van der Waals surface area contributed by atoms with Crippen LogP contribution in [0, 0.1) is 0 Å². The fourth-order valence-electron chi connectivity index (χ4n) is 2.85. The first-order valence-corrected chi connectivity index (χ1v) is 10.5. The Morgan fingerprint density at radius 2 is 1.33 bits per heavy atom. The smallest absolute Gasteiger partial charge is 0.343 e. The molecule has 5 nitrogen and oxygen atoms in total. The average molecular weight is 411 g/mol. The van der Waals surface area contributed by atoms with E-state index in [0.717, 1.165) is 37.9 Å². The zero-order valence-corrected chi connectivity index (χ0v) is 17.4. The lowest BCUT2D eigenvalue weighted by Gasteiger charge is -2.08. The number of hydrogen-bond acceptors (Lipinski definition) is 5. The fraction of sp³-hybridized carbons (Fsp3) is 0.360. The minimum absolute atomic E-state index is 0.350. The molecule has 0 fully saturated rings. The van der Waals surface area contributed by atoms with Crippen LogP contribution in [0.2, 0.25) is 0 Å². The monoisotopic (exact) mass is 410 g/mol. The van der Waals surface area contributed by atoms with E-state index < -0.39 is 0 Å². The van der Waals surface area contributed by atoms with Gasteiger partial charge in [0.2, 0.25) is 0 Å². The molecule has 0 radical (unpaired) electrons. The summed E-state index contributed by atoms with van der Waals surface area (Å²) < 4.78 is 16.0. The number of para-hydroxylation sites is 1. The topological polar surface area (TPSA) is 61.8 Å². The molecular formula is C25H30O5. The van der Waals surface area contributed by atoms with E-state index in [9.17, 15) is 9.59 Å². The number of unbranched alkanes of at least 4 members (excludes halogenated alkanes) is 6. The van der Waals surface area contributed by atoms with Crippen LogP contribution in [0.4, 0.5) is 0 Å². The molecule has 0 atom stereocenters. The molecule has 160 valence electrons. The normalized spacial score (nSPS) is 10.3. The Balaban J connectivity index is 1.51. The molecule has 0 aliphatic carbocycles. The van der Waals surface area contributed by atoms with Gasteiger partial charge in [-0.1, -0.05) is 56.9 Å². The minimum atomic E-state index is -0.383. The molecular weight excluding hydrogens is 380 g/mol. The molecule has 0 saturated carbocycles. The molecule has 0 aliphatic rings. The first-order chi connectivity index (χ1) is 14.7. The van der Waals surface area contributed by atoms with E-state index in [1.165, 1.54) is 18.9 Å². The van der Waals surface area contributed by atoms with Crippen LogP contribution < -0.4 is 9.47 Å². The van der Waals surface area contributed by atoms with E-state index in [-0.39, 0.29) is 11.9 Å². The van der Waals surface area contributed by atoms with Crippen molar-refractivity contribution in [2.24, 2.45) is 0 Å². The lowest BCUT2D eigenvalue weighted by atomic mass is 10.1.